The summed E-state index contributed by atoms with van der Waals surface area (Å²) < 4.78 is 5.09. The average molecular weight is 185 g/mol. The van der Waals surface area contributed by atoms with Crippen LogP contribution in [0.4, 0.5) is 0 Å². The molecule has 1 aliphatic rings. The minimum atomic E-state index is 0.108. The van der Waals surface area contributed by atoms with Crippen molar-refractivity contribution in [3.63, 3.8) is 0 Å². The Hall–Kier alpha value is -0.0800. The molecule has 0 aromatic rings. The van der Waals surface area contributed by atoms with Crippen molar-refractivity contribution in [2.45, 2.75) is 51.0 Å². The second-order valence-corrected chi connectivity index (χ2v) is 4.48. The Bertz CT molecular complexity index is 141. The van der Waals surface area contributed by atoms with Gasteiger partial charge in [-0.2, -0.15) is 0 Å². The smallest absolute Gasteiger partial charge is 0.0465 e. The molecule has 0 bridgehead atoms. The zero-order valence-electron chi connectivity index (χ0n) is 9.01. The summed E-state index contributed by atoms with van der Waals surface area (Å²) in [6.45, 7) is 3.12. The third kappa shape index (κ3) is 2.96. The molecule has 0 amide bonds. The van der Waals surface area contributed by atoms with E-state index in [1.807, 2.05) is 0 Å². The summed E-state index contributed by atoms with van der Waals surface area (Å²) in [6, 6.07) is 0. The zero-order chi connectivity index (χ0) is 9.73. The SMILES string of the molecule is COCCC(C)C1(N)CCCCC1. The van der Waals surface area contributed by atoms with Gasteiger partial charge in [-0.15, -0.1) is 0 Å². The molecule has 13 heavy (non-hydrogen) atoms. The van der Waals surface area contributed by atoms with E-state index in [-0.39, 0.29) is 5.54 Å². The third-order valence-electron chi connectivity index (χ3n) is 3.52. The van der Waals surface area contributed by atoms with E-state index >= 15 is 0 Å². The van der Waals surface area contributed by atoms with Crippen LogP contribution >= 0.6 is 0 Å². The topological polar surface area (TPSA) is 35.2 Å². The summed E-state index contributed by atoms with van der Waals surface area (Å²) in [6.07, 6.45) is 7.51. The first-order valence-corrected chi connectivity index (χ1v) is 5.47. The Morgan fingerprint density at radius 2 is 1.92 bits per heavy atom. The Morgan fingerprint density at radius 3 is 2.46 bits per heavy atom. The van der Waals surface area contributed by atoms with Gasteiger partial charge in [-0.25, -0.2) is 0 Å². The fourth-order valence-corrected chi connectivity index (χ4v) is 2.28. The van der Waals surface area contributed by atoms with Gasteiger partial charge in [0.15, 0.2) is 0 Å². The van der Waals surface area contributed by atoms with Crippen LogP contribution in [0.3, 0.4) is 0 Å². The summed E-state index contributed by atoms with van der Waals surface area (Å²) in [4.78, 5) is 0. The molecule has 1 atom stereocenters. The first-order valence-electron chi connectivity index (χ1n) is 5.47. The highest BCUT2D eigenvalue weighted by Gasteiger charge is 2.32. The number of methoxy groups -OCH3 is 1. The predicted molar refractivity (Wildman–Crippen MR) is 55.7 cm³/mol. The molecule has 0 aliphatic heterocycles. The van der Waals surface area contributed by atoms with E-state index in [2.05, 4.69) is 6.92 Å². The number of ether oxygens (including phenoxy) is 1. The van der Waals surface area contributed by atoms with Crippen LogP contribution in [0.15, 0.2) is 0 Å². The van der Waals surface area contributed by atoms with E-state index in [9.17, 15) is 0 Å². The number of hydrogen-bond acceptors (Lipinski definition) is 2. The van der Waals surface area contributed by atoms with Crippen LogP contribution in [0.5, 0.6) is 0 Å². The second-order valence-electron chi connectivity index (χ2n) is 4.48. The van der Waals surface area contributed by atoms with Gasteiger partial charge in [0.2, 0.25) is 0 Å². The van der Waals surface area contributed by atoms with Gasteiger partial charge in [-0.1, -0.05) is 26.2 Å². The summed E-state index contributed by atoms with van der Waals surface area (Å²) in [5, 5.41) is 0. The second kappa shape index (κ2) is 4.97. The van der Waals surface area contributed by atoms with E-state index in [1.54, 1.807) is 7.11 Å². The molecule has 0 radical (unpaired) electrons. The van der Waals surface area contributed by atoms with Crippen LogP contribution in [-0.4, -0.2) is 19.3 Å². The normalized spacial score (nSPS) is 24.2. The first-order chi connectivity index (χ1) is 6.19. The average Bonchev–Trinajstić information content (AvgIpc) is 2.15. The van der Waals surface area contributed by atoms with Gasteiger partial charge in [0.25, 0.3) is 0 Å². The molecule has 2 N–H and O–H groups in total. The van der Waals surface area contributed by atoms with Crippen molar-refractivity contribution in [1.29, 1.82) is 0 Å². The summed E-state index contributed by atoms with van der Waals surface area (Å²) >= 11 is 0. The summed E-state index contributed by atoms with van der Waals surface area (Å²) in [5.41, 5.74) is 6.50. The van der Waals surface area contributed by atoms with Crippen molar-refractivity contribution in [1.82, 2.24) is 0 Å². The van der Waals surface area contributed by atoms with Crippen molar-refractivity contribution in [2.24, 2.45) is 11.7 Å². The maximum Gasteiger partial charge on any atom is 0.0465 e. The highest BCUT2D eigenvalue weighted by Crippen LogP contribution is 2.33. The van der Waals surface area contributed by atoms with Crippen LogP contribution < -0.4 is 5.73 Å². The Balaban J connectivity index is 2.37. The highest BCUT2D eigenvalue weighted by molar-refractivity contribution is 4.91. The van der Waals surface area contributed by atoms with Crippen molar-refractivity contribution in [3.05, 3.63) is 0 Å². The molecule has 0 spiro atoms. The maximum absolute atomic E-state index is 6.39. The predicted octanol–water partition coefficient (Wildman–Crippen LogP) is 2.32. The molecule has 0 aromatic heterocycles. The molecule has 1 unspecified atom stereocenters. The number of rotatable bonds is 4. The Labute approximate surface area is 81.8 Å². The van der Waals surface area contributed by atoms with E-state index < -0.39 is 0 Å². The fraction of sp³-hybridized carbons (Fsp3) is 1.00. The summed E-state index contributed by atoms with van der Waals surface area (Å²) in [5.74, 6) is 0.604. The molecular formula is C11H23NO. The monoisotopic (exact) mass is 185 g/mol. The molecule has 1 saturated carbocycles. The molecule has 1 aliphatic carbocycles. The summed E-state index contributed by atoms with van der Waals surface area (Å²) in [7, 11) is 1.76. The van der Waals surface area contributed by atoms with Crippen LogP contribution in [-0.2, 0) is 4.74 Å². The van der Waals surface area contributed by atoms with Crippen LogP contribution in [0.1, 0.15) is 45.4 Å². The van der Waals surface area contributed by atoms with Crippen LogP contribution in [0.25, 0.3) is 0 Å². The van der Waals surface area contributed by atoms with Crippen LogP contribution in [0.2, 0.25) is 0 Å². The fourth-order valence-electron chi connectivity index (χ4n) is 2.28. The molecular weight excluding hydrogens is 162 g/mol. The minimum absolute atomic E-state index is 0.108. The lowest BCUT2D eigenvalue weighted by molar-refractivity contribution is 0.136. The molecule has 2 heteroatoms. The van der Waals surface area contributed by atoms with Crippen molar-refractivity contribution in [3.8, 4) is 0 Å². The first kappa shape index (κ1) is 11.0. The van der Waals surface area contributed by atoms with Crippen LogP contribution in [0, 0.1) is 5.92 Å². The van der Waals surface area contributed by atoms with Gasteiger partial charge in [-0.05, 0) is 25.2 Å². The van der Waals surface area contributed by atoms with Gasteiger partial charge in [0.05, 0.1) is 0 Å². The van der Waals surface area contributed by atoms with Crippen molar-refractivity contribution < 1.29 is 4.74 Å². The van der Waals surface area contributed by atoms with E-state index in [0.717, 1.165) is 13.0 Å². The van der Waals surface area contributed by atoms with Gasteiger partial charge in [0, 0.05) is 19.3 Å². The molecule has 1 fully saturated rings. The molecule has 0 heterocycles. The maximum atomic E-state index is 6.39. The minimum Gasteiger partial charge on any atom is -0.385 e. The molecule has 2 nitrogen and oxygen atoms in total. The van der Waals surface area contributed by atoms with E-state index in [4.69, 9.17) is 10.5 Å². The number of hydrogen-bond donors (Lipinski definition) is 1. The lowest BCUT2D eigenvalue weighted by Gasteiger charge is -2.38. The highest BCUT2D eigenvalue weighted by atomic mass is 16.5. The molecule has 1 rings (SSSR count). The molecule has 0 saturated heterocycles. The largest absolute Gasteiger partial charge is 0.385 e. The Morgan fingerprint density at radius 1 is 1.31 bits per heavy atom. The van der Waals surface area contributed by atoms with Crippen molar-refractivity contribution in [2.75, 3.05) is 13.7 Å². The van der Waals surface area contributed by atoms with Gasteiger partial charge < -0.3 is 10.5 Å². The van der Waals surface area contributed by atoms with E-state index in [1.165, 1.54) is 32.1 Å². The Kier molecular flexibility index (Phi) is 4.20. The quantitative estimate of drug-likeness (QED) is 0.729. The standard InChI is InChI=1S/C11H23NO/c1-10(6-9-13-2)11(12)7-4-3-5-8-11/h10H,3-9,12H2,1-2H3. The van der Waals surface area contributed by atoms with Crippen molar-refractivity contribution >= 4 is 0 Å². The lowest BCUT2D eigenvalue weighted by atomic mass is 9.73. The molecule has 78 valence electrons. The molecule has 0 aromatic carbocycles. The lowest BCUT2D eigenvalue weighted by Crippen LogP contribution is -2.47. The third-order valence-corrected chi connectivity index (χ3v) is 3.52. The van der Waals surface area contributed by atoms with Gasteiger partial charge in [-0.3, -0.25) is 0 Å². The van der Waals surface area contributed by atoms with Gasteiger partial charge in [0.1, 0.15) is 0 Å². The number of nitrogens with two attached hydrogens (primary N) is 1. The zero-order valence-corrected chi connectivity index (χ0v) is 9.01. The van der Waals surface area contributed by atoms with E-state index in [0.29, 0.717) is 5.92 Å². The van der Waals surface area contributed by atoms with Gasteiger partial charge >= 0.3 is 0 Å².